The summed E-state index contributed by atoms with van der Waals surface area (Å²) in [5.41, 5.74) is 1.27. The van der Waals surface area contributed by atoms with E-state index in [4.69, 9.17) is 0 Å². The van der Waals surface area contributed by atoms with E-state index in [0.717, 1.165) is 17.2 Å². The number of nitrogens with zero attached hydrogens (tertiary/aromatic N) is 2. The third kappa shape index (κ3) is 4.56. The average molecular weight is 367 g/mol. The number of nitrogens with one attached hydrogen (secondary N) is 1. The molecule has 0 bridgehead atoms. The molecule has 1 atom stereocenters. The Morgan fingerprint density at radius 1 is 1.04 bits per heavy atom. The van der Waals surface area contributed by atoms with Gasteiger partial charge in [-0.15, -0.1) is 0 Å². The van der Waals surface area contributed by atoms with Gasteiger partial charge in [-0.2, -0.15) is 13.2 Å². The number of aliphatic carboxylic acids is 1. The van der Waals surface area contributed by atoms with Gasteiger partial charge >= 0.3 is 12.1 Å². The summed E-state index contributed by atoms with van der Waals surface area (Å²) in [6.45, 7) is 4.81. The van der Waals surface area contributed by atoms with Gasteiger partial charge in [-0.1, -0.05) is 29.3 Å². The first kappa shape index (κ1) is 19.4. The van der Waals surface area contributed by atoms with Crippen molar-refractivity contribution < 1.29 is 27.9 Å². The normalized spacial score (nSPS) is 12.5. The van der Waals surface area contributed by atoms with Crippen molar-refractivity contribution in [1.29, 1.82) is 0 Å². The lowest BCUT2D eigenvalue weighted by Gasteiger charge is -2.16. The summed E-state index contributed by atoms with van der Waals surface area (Å²) in [7, 11) is 0. The van der Waals surface area contributed by atoms with Crippen molar-refractivity contribution >= 4 is 11.9 Å². The molecule has 2 aromatic rings. The van der Waals surface area contributed by atoms with Gasteiger partial charge in [0.15, 0.2) is 6.04 Å². The summed E-state index contributed by atoms with van der Waals surface area (Å²) >= 11 is 0. The Morgan fingerprint density at radius 2 is 1.62 bits per heavy atom. The standard InChI is InChI=1S/C17H16F3N3O3/c1-8-4-9(2)6-11(5-8)13(15(25)26)23-14(24)12-7-10(3)21-16(22-12)17(18,19)20/h4-7,13H,1-3H3,(H,23,24)(H,25,26). The molecule has 1 heterocycles. The highest BCUT2D eigenvalue weighted by Crippen LogP contribution is 2.26. The van der Waals surface area contributed by atoms with Crippen LogP contribution in [0.2, 0.25) is 0 Å². The molecule has 2 N–H and O–H groups in total. The molecule has 1 aromatic carbocycles. The highest BCUT2D eigenvalue weighted by Gasteiger charge is 2.36. The van der Waals surface area contributed by atoms with Crippen LogP contribution in [0.1, 0.15) is 44.7 Å². The minimum absolute atomic E-state index is 0.0595. The molecule has 0 saturated heterocycles. The summed E-state index contributed by atoms with van der Waals surface area (Å²) in [6, 6.07) is 4.63. The smallest absolute Gasteiger partial charge is 0.451 e. The molecule has 0 spiro atoms. The van der Waals surface area contributed by atoms with Gasteiger partial charge in [0.05, 0.1) is 0 Å². The maximum atomic E-state index is 12.8. The van der Waals surface area contributed by atoms with E-state index in [0.29, 0.717) is 5.56 Å². The van der Waals surface area contributed by atoms with Gasteiger partial charge in [-0.3, -0.25) is 4.79 Å². The number of amides is 1. The molecule has 1 aromatic heterocycles. The number of alkyl halides is 3. The zero-order chi connectivity index (χ0) is 19.6. The number of carbonyl (C=O) groups excluding carboxylic acids is 1. The Labute approximate surface area is 147 Å². The Hall–Kier alpha value is -2.97. The van der Waals surface area contributed by atoms with Crippen molar-refractivity contribution in [2.45, 2.75) is 33.0 Å². The minimum Gasteiger partial charge on any atom is -0.479 e. The summed E-state index contributed by atoms with van der Waals surface area (Å²) in [4.78, 5) is 30.3. The number of carboxylic acid groups (broad SMARTS) is 1. The molecule has 0 aliphatic rings. The van der Waals surface area contributed by atoms with E-state index in [1.807, 2.05) is 6.07 Å². The predicted molar refractivity (Wildman–Crippen MR) is 85.5 cm³/mol. The Bertz CT molecular complexity index is 846. The molecular weight excluding hydrogens is 351 g/mol. The van der Waals surface area contributed by atoms with Gasteiger partial charge in [-0.05, 0) is 32.4 Å². The number of benzene rings is 1. The third-order valence-electron chi connectivity index (χ3n) is 3.44. The van der Waals surface area contributed by atoms with Crippen molar-refractivity contribution in [2.24, 2.45) is 0 Å². The van der Waals surface area contributed by atoms with E-state index in [1.54, 1.807) is 26.0 Å². The summed E-state index contributed by atoms with van der Waals surface area (Å²) in [6.07, 6.45) is -4.82. The lowest BCUT2D eigenvalue weighted by molar-refractivity contribution is -0.145. The van der Waals surface area contributed by atoms with Crippen LogP contribution in [-0.4, -0.2) is 27.0 Å². The zero-order valence-electron chi connectivity index (χ0n) is 14.2. The van der Waals surface area contributed by atoms with Crippen molar-refractivity contribution in [3.05, 3.63) is 58.2 Å². The molecule has 2 rings (SSSR count). The quantitative estimate of drug-likeness (QED) is 0.867. The molecule has 0 fully saturated rings. The molecule has 0 aliphatic carbocycles. The Morgan fingerprint density at radius 3 is 2.12 bits per heavy atom. The van der Waals surface area contributed by atoms with Crippen LogP contribution >= 0.6 is 0 Å². The van der Waals surface area contributed by atoms with Gasteiger partial charge in [0.1, 0.15) is 5.69 Å². The van der Waals surface area contributed by atoms with Crippen LogP contribution in [0.15, 0.2) is 24.3 Å². The molecule has 1 amide bonds. The number of carboxylic acids is 1. The SMILES string of the molecule is Cc1cc(C)cc(C(NC(=O)c2cc(C)nc(C(F)(F)F)n2)C(=O)O)c1. The zero-order valence-corrected chi connectivity index (χ0v) is 14.2. The number of hydrogen-bond donors (Lipinski definition) is 2. The number of aromatic nitrogens is 2. The van der Waals surface area contributed by atoms with Crippen LogP contribution in [-0.2, 0) is 11.0 Å². The monoisotopic (exact) mass is 367 g/mol. The number of aryl methyl sites for hydroxylation is 3. The third-order valence-corrected chi connectivity index (χ3v) is 3.44. The molecule has 6 nitrogen and oxygen atoms in total. The average Bonchev–Trinajstić information content (AvgIpc) is 2.49. The van der Waals surface area contributed by atoms with E-state index in [9.17, 15) is 27.9 Å². The Kier molecular flexibility index (Phi) is 5.29. The molecular formula is C17H16F3N3O3. The van der Waals surface area contributed by atoms with Crippen molar-refractivity contribution in [1.82, 2.24) is 15.3 Å². The summed E-state index contributed by atoms with van der Waals surface area (Å²) in [5, 5.41) is 11.6. The molecule has 0 saturated carbocycles. The number of rotatable bonds is 4. The second kappa shape index (κ2) is 7.11. The highest BCUT2D eigenvalue weighted by atomic mass is 19.4. The first-order chi connectivity index (χ1) is 12.0. The van der Waals surface area contributed by atoms with Crippen molar-refractivity contribution in [2.75, 3.05) is 0 Å². The van der Waals surface area contributed by atoms with Gasteiger partial charge in [0.25, 0.3) is 5.91 Å². The number of carbonyl (C=O) groups is 2. The summed E-state index contributed by atoms with van der Waals surface area (Å²) < 4.78 is 38.4. The van der Waals surface area contributed by atoms with E-state index in [1.165, 1.54) is 6.92 Å². The highest BCUT2D eigenvalue weighted by molar-refractivity contribution is 5.95. The fraction of sp³-hybridized carbons (Fsp3) is 0.294. The van der Waals surface area contributed by atoms with Crippen LogP contribution in [0.4, 0.5) is 13.2 Å². The minimum atomic E-state index is -4.82. The Balaban J connectivity index is 2.37. The maximum absolute atomic E-state index is 12.8. The molecule has 26 heavy (non-hydrogen) atoms. The van der Waals surface area contributed by atoms with Crippen LogP contribution in [0.3, 0.4) is 0 Å². The molecule has 138 valence electrons. The fourth-order valence-corrected chi connectivity index (χ4v) is 2.48. The van der Waals surface area contributed by atoms with E-state index in [-0.39, 0.29) is 5.69 Å². The van der Waals surface area contributed by atoms with Crippen LogP contribution in [0, 0.1) is 20.8 Å². The van der Waals surface area contributed by atoms with Crippen LogP contribution in [0.5, 0.6) is 0 Å². The second-order valence-corrected chi connectivity index (χ2v) is 5.88. The lowest BCUT2D eigenvalue weighted by Crippen LogP contribution is -2.34. The number of hydrogen-bond acceptors (Lipinski definition) is 4. The second-order valence-electron chi connectivity index (χ2n) is 5.88. The molecule has 0 aliphatic heterocycles. The van der Waals surface area contributed by atoms with Crippen molar-refractivity contribution in [3.63, 3.8) is 0 Å². The lowest BCUT2D eigenvalue weighted by atomic mass is 10.0. The van der Waals surface area contributed by atoms with Gasteiger partial charge in [-0.25, -0.2) is 14.8 Å². The first-order valence-electron chi connectivity index (χ1n) is 7.52. The van der Waals surface area contributed by atoms with E-state index < -0.39 is 35.6 Å². The molecule has 0 radical (unpaired) electrons. The fourth-order valence-electron chi connectivity index (χ4n) is 2.48. The van der Waals surface area contributed by atoms with Gasteiger partial charge in [0.2, 0.25) is 5.82 Å². The van der Waals surface area contributed by atoms with Crippen LogP contribution < -0.4 is 5.32 Å². The van der Waals surface area contributed by atoms with Gasteiger partial charge in [0, 0.05) is 5.69 Å². The largest absolute Gasteiger partial charge is 0.479 e. The van der Waals surface area contributed by atoms with E-state index >= 15 is 0 Å². The van der Waals surface area contributed by atoms with Crippen molar-refractivity contribution in [3.8, 4) is 0 Å². The number of halogens is 3. The van der Waals surface area contributed by atoms with E-state index in [2.05, 4.69) is 15.3 Å². The predicted octanol–water partition coefficient (Wildman–Crippen LogP) is 2.98. The van der Waals surface area contributed by atoms with Gasteiger partial charge < -0.3 is 10.4 Å². The summed E-state index contributed by atoms with van der Waals surface area (Å²) in [5.74, 6) is -3.83. The van der Waals surface area contributed by atoms with Crippen LogP contribution in [0.25, 0.3) is 0 Å². The topological polar surface area (TPSA) is 92.2 Å². The molecule has 1 unspecified atom stereocenters. The maximum Gasteiger partial charge on any atom is 0.451 e. The first-order valence-corrected chi connectivity index (χ1v) is 7.52. The molecule has 9 heteroatoms.